The summed E-state index contributed by atoms with van der Waals surface area (Å²) in [6.45, 7) is 5.43. The van der Waals surface area contributed by atoms with Gasteiger partial charge in [-0.05, 0) is 56.2 Å². The molecule has 24 heavy (non-hydrogen) atoms. The molecule has 0 bridgehead atoms. The first kappa shape index (κ1) is 17.5. The number of rotatable bonds is 4. The first-order valence-electron chi connectivity index (χ1n) is 7.47. The first-order valence-corrected chi connectivity index (χ1v) is 7.47. The molecular weight excluding hydrogens is 311 g/mol. The van der Waals surface area contributed by atoms with E-state index >= 15 is 0 Å². The number of ether oxygens (including phenoxy) is 1. The Morgan fingerprint density at radius 1 is 1.08 bits per heavy atom. The van der Waals surface area contributed by atoms with E-state index in [1.54, 1.807) is 13.0 Å². The molecule has 0 heterocycles. The van der Waals surface area contributed by atoms with Crippen LogP contribution in [0.1, 0.15) is 28.4 Å². The van der Waals surface area contributed by atoms with Crippen molar-refractivity contribution in [2.45, 2.75) is 26.9 Å². The third-order valence-electron chi connectivity index (χ3n) is 3.61. The van der Waals surface area contributed by atoms with Crippen LogP contribution in [0, 0.1) is 19.7 Å². The summed E-state index contributed by atoms with van der Waals surface area (Å²) in [6, 6.07) is 10.7. The van der Waals surface area contributed by atoms with Crippen molar-refractivity contribution in [3.05, 3.63) is 65.0 Å². The summed E-state index contributed by atoms with van der Waals surface area (Å²) in [5.74, 6) is -1.04. The molecule has 2 aromatic rings. The van der Waals surface area contributed by atoms with Gasteiger partial charge in [-0.25, -0.2) is 4.39 Å². The molecule has 2 aromatic carbocycles. The predicted octanol–water partition coefficient (Wildman–Crippen LogP) is 2.67. The molecule has 126 valence electrons. The predicted molar refractivity (Wildman–Crippen MR) is 88.0 cm³/mol. The Labute approximate surface area is 139 Å². The number of carbonyl (C=O) groups excluding carboxylic acids is 2. The van der Waals surface area contributed by atoms with Crippen molar-refractivity contribution >= 4 is 11.8 Å². The van der Waals surface area contributed by atoms with Crippen molar-refractivity contribution in [3.63, 3.8) is 0 Å². The second-order valence-corrected chi connectivity index (χ2v) is 5.41. The molecule has 0 aromatic heterocycles. The maximum atomic E-state index is 13.1. The Morgan fingerprint density at radius 2 is 1.79 bits per heavy atom. The topological polar surface area (TPSA) is 67.4 Å². The Hall–Kier alpha value is -2.89. The number of amides is 2. The highest BCUT2D eigenvalue weighted by Crippen LogP contribution is 2.21. The number of halogens is 1. The van der Waals surface area contributed by atoms with E-state index in [-0.39, 0.29) is 5.56 Å². The van der Waals surface area contributed by atoms with Crippen LogP contribution in [0.15, 0.2) is 42.5 Å². The average Bonchev–Trinajstić information content (AvgIpc) is 2.56. The summed E-state index contributed by atoms with van der Waals surface area (Å²) in [6.07, 6.45) is -0.807. The molecule has 2 N–H and O–H groups in total. The number of benzene rings is 2. The van der Waals surface area contributed by atoms with E-state index < -0.39 is 23.7 Å². The molecule has 0 aliphatic carbocycles. The lowest BCUT2D eigenvalue weighted by molar-refractivity contribution is -0.128. The summed E-state index contributed by atoms with van der Waals surface area (Å²) in [5, 5.41) is 0. The van der Waals surface area contributed by atoms with Gasteiger partial charge in [0.15, 0.2) is 6.10 Å². The van der Waals surface area contributed by atoms with Gasteiger partial charge in [-0.1, -0.05) is 18.2 Å². The Kier molecular flexibility index (Phi) is 5.52. The molecule has 0 spiro atoms. The van der Waals surface area contributed by atoms with Crippen molar-refractivity contribution < 1.29 is 18.7 Å². The number of hydrogen-bond acceptors (Lipinski definition) is 3. The lowest BCUT2D eigenvalue weighted by atomic mass is 10.1. The second-order valence-electron chi connectivity index (χ2n) is 5.41. The van der Waals surface area contributed by atoms with E-state index in [1.807, 2.05) is 26.0 Å². The first-order chi connectivity index (χ1) is 11.4. The molecule has 0 aliphatic rings. The third-order valence-corrected chi connectivity index (χ3v) is 3.61. The van der Waals surface area contributed by atoms with E-state index in [0.29, 0.717) is 5.75 Å². The minimum Gasteiger partial charge on any atom is -0.481 e. The smallest absolute Gasteiger partial charge is 0.279 e. The number of hydrazine groups is 1. The van der Waals surface area contributed by atoms with Crippen LogP contribution >= 0.6 is 0 Å². The van der Waals surface area contributed by atoms with E-state index in [4.69, 9.17) is 4.74 Å². The zero-order valence-electron chi connectivity index (χ0n) is 13.7. The van der Waals surface area contributed by atoms with E-state index in [2.05, 4.69) is 10.9 Å². The standard InChI is InChI=1S/C18H19FN2O3/c1-11-6-4-9-16(12(11)2)24-13(3)17(22)20-21-18(23)14-7-5-8-15(19)10-14/h4-10,13H,1-3H3,(H,20,22)(H,21,23)/t13-/m0/s1. The normalized spacial score (nSPS) is 11.5. The molecule has 2 rings (SSSR count). The quantitative estimate of drug-likeness (QED) is 0.847. The van der Waals surface area contributed by atoms with Crippen LogP contribution in [0.25, 0.3) is 0 Å². The van der Waals surface area contributed by atoms with Crippen LogP contribution in [-0.2, 0) is 4.79 Å². The summed E-state index contributed by atoms with van der Waals surface area (Å²) in [4.78, 5) is 23.9. The molecular formula is C18H19FN2O3. The number of hydrogen-bond donors (Lipinski definition) is 2. The van der Waals surface area contributed by atoms with Crippen molar-refractivity contribution in [1.29, 1.82) is 0 Å². The van der Waals surface area contributed by atoms with Gasteiger partial charge < -0.3 is 4.74 Å². The molecule has 0 aliphatic heterocycles. The van der Waals surface area contributed by atoms with Gasteiger partial charge in [-0.15, -0.1) is 0 Å². The van der Waals surface area contributed by atoms with Gasteiger partial charge >= 0.3 is 0 Å². The molecule has 0 fully saturated rings. The Bertz CT molecular complexity index is 762. The molecule has 6 heteroatoms. The van der Waals surface area contributed by atoms with E-state index in [9.17, 15) is 14.0 Å². The van der Waals surface area contributed by atoms with Crippen molar-refractivity contribution in [1.82, 2.24) is 10.9 Å². The highest BCUT2D eigenvalue weighted by atomic mass is 19.1. The lowest BCUT2D eigenvalue weighted by Crippen LogP contribution is -2.47. The van der Waals surface area contributed by atoms with Gasteiger partial charge in [-0.2, -0.15) is 0 Å². The average molecular weight is 330 g/mol. The molecule has 0 saturated carbocycles. The largest absolute Gasteiger partial charge is 0.481 e. The molecule has 5 nitrogen and oxygen atoms in total. The molecule has 0 radical (unpaired) electrons. The lowest BCUT2D eigenvalue weighted by Gasteiger charge is -2.17. The van der Waals surface area contributed by atoms with Crippen molar-refractivity contribution in [2.24, 2.45) is 0 Å². The fraction of sp³-hybridized carbons (Fsp3) is 0.222. The van der Waals surface area contributed by atoms with Gasteiger partial charge in [0.25, 0.3) is 11.8 Å². The monoisotopic (exact) mass is 330 g/mol. The van der Waals surface area contributed by atoms with E-state index in [1.165, 1.54) is 18.2 Å². The fourth-order valence-corrected chi connectivity index (χ4v) is 2.02. The van der Waals surface area contributed by atoms with Crippen LogP contribution in [0.5, 0.6) is 5.75 Å². The minimum absolute atomic E-state index is 0.110. The minimum atomic E-state index is -0.807. The molecule has 0 unspecified atom stereocenters. The molecule has 0 saturated heterocycles. The third kappa shape index (κ3) is 4.32. The molecule has 1 atom stereocenters. The maximum Gasteiger partial charge on any atom is 0.279 e. The van der Waals surface area contributed by atoms with E-state index in [0.717, 1.165) is 17.2 Å². The SMILES string of the molecule is Cc1cccc(O[C@@H](C)C(=O)NNC(=O)c2cccc(F)c2)c1C. The second kappa shape index (κ2) is 7.59. The van der Waals surface area contributed by atoms with Crippen LogP contribution in [-0.4, -0.2) is 17.9 Å². The van der Waals surface area contributed by atoms with Gasteiger partial charge in [0.1, 0.15) is 11.6 Å². The fourth-order valence-electron chi connectivity index (χ4n) is 2.02. The summed E-state index contributed by atoms with van der Waals surface area (Å²) in [5.41, 5.74) is 6.61. The van der Waals surface area contributed by atoms with Crippen molar-refractivity contribution in [3.8, 4) is 5.75 Å². The van der Waals surface area contributed by atoms with Crippen LogP contribution in [0.2, 0.25) is 0 Å². The highest BCUT2D eigenvalue weighted by molar-refractivity contribution is 5.95. The summed E-state index contributed by atoms with van der Waals surface area (Å²) >= 11 is 0. The summed E-state index contributed by atoms with van der Waals surface area (Å²) in [7, 11) is 0. The van der Waals surface area contributed by atoms with Crippen LogP contribution < -0.4 is 15.6 Å². The van der Waals surface area contributed by atoms with Gasteiger partial charge in [-0.3, -0.25) is 20.4 Å². The zero-order chi connectivity index (χ0) is 17.7. The zero-order valence-corrected chi connectivity index (χ0v) is 13.7. The van der Waals surface area contributed by atoms with Crippen LogP contribution in [0.4, 0.5) is 4.39 Å². The maximum absolute atomic E-state index is 13.1. The highest BCUT2D eigenvalue weighted by Gasteiger charge is 2.17. The van der Waals surface area contributed by atoms with Gasteiger partial charge in [0, 0.05) is 5.56 Å². The Balaban J connectivity index is 1.92. The van der Waals surface area contributed by atoms with Gasteiger partial charge in [0.2, 0.25) is 0 Å². The van der Waals surface area contributed by atoms with Crippen LogP contribution in [0.3, 0.4) is 0 Å². The Morgan fingerprint density at radius 3 is 2.50 bits per heavy atom. The summed E-state index contributed by atoms with van der Waals surface area (Å²) < 4.78 is 18.7. The molecule has 2 amide bonds. The van der Waals surface area contributed by atoms with Crippen molar-refractivity contribution in [2.75, 3.05) is 0 Å². The number of carbonyl (C=O) groups is 2. The number of aryl methyl sites for hydroxylation is 1. The number of nitrogens with one attached hydrogen (secondary N) is 2. The van der Waals surface area contributed by atoms with Gasteiger partial charge in [0.05, 0.1) is 0 Å².